The predicted molar refractivity (Wildman–Crippen MR) is 154 cm³/mol. The van der Waals surface area contributed by atoms with Gasteiger partial charge in [0, 0.05) is 33.7 Å². The van der Waals surface area contributed by atoms with Gasteiger partial charge in [-0.05, 0) is 103 Å². The monoisotopic (exact) mass is 499 g/mol. The predicted octanol–water partition coefficient (Wildman–Crippen LogP) is 9.22. The van der Waals surface area contributed by atoms with Crippen LogP contribution in [-0.2, 0) is 0 Å². The summed E-state index contributed by atoms with van der Waals surface area (Å²) in [5.74, 6) is 2.49. The van der Waals surface area contributed by atoms with E-state index in [0.717, 1.165) is 5.92 Å². The lowest BCUT2D eigenvalue weighted by Crippen LogP contribution is -2.77. The first-order chi connectivity index (χ1) is 15.6. The van der Waals surface area contributed by atoms with Gasteiger partial charge in [-0.25, -0.2) is 0 Å². The smallest absolute Gasteiger partial charge is 0.210 e. The second-order valence-corrected chi connectivity index (χ2v) is 20.5. The lowest BCUT2D eigenvalue weighted by molar-refractivity contribution is 0.240. The van der Waals surface area contributed by atoms with Crippen molar-refractivity contribution in [2.75, 3.05) is 5.32 Å². The lowest BCUT2D eigenvalue weighted by Gasteiger charge is -2.71. The first-order valence-corrected chi connectivity index (χ1v) is 17.8. The van der Waals surface area contributed by atoms with Crippen LogP contribution in [0.3, 0.4) is 0 Å². The first-order valence-electron chi connectivity index (χ1n) is 13.6. The molecule has 2 bridgehead atoms. The Morgan fingerprint density at radius 1 is 0.853 bits per heavy atom. The minimum Gasteiger partial charge on any atom is -0.358 e. The number of fused-ring (bicyclic) bond motifs is 2. The zero-order valence-corrected chi connectivity index (χ0v) is 25.9. The topological polar surface area (TPSA) is 18.5 Å². The van der Waals surface area contributed by atoms with Gasteiger partial charge in [-0.2, -0.15) is 0 Å². The summed E-state index contributed by atoms with van der Waals surface area (Å²) < 4.78 is 5.99. The number of rotatable bonds is 5. The zero-order chi connectivity index (χ0) is 25.4. The molecule has 0 spiro atoms. The molecule has 190 valence electrons. The van der Waals surface area contributed by atoms with Crippen LogP contribution >= 0.6 is 8.22 Å². The normalized spacial score (nSPS) is 26.2. The molecule has 1 N–H and O–H groups in total. The summed E-state index contributed by atoms with van der Waals surface area (Å²) in [7, 11) is -2.13. The molecule has 1 saturated carbocycles. The molecule has 5 heteroatoms. The van der Waals surface area contributed by atoms with Crippen molar-refractivity contribution in [3.8, 4) is 0 Å². The average molecular weight is 500 g/mol. The van der Waals surface area contributed by atoms with Gasteiger partial charge in [0.1, 0.15) is 0 Å². The molecule has 4 rings (SSSR count). The van der Waals surface area contributed by atoms with Crippen molar-refractivity contribution in [1.29, 1.82) is 0 Å². The van der Waals surface area contributed by atoms with Gasteiger partial charge < -0.3 is 5.32 Å². The van der Waals surface area contributed by atoms with Gasteiger partial charge in [0.15, 0.2) is 0 Å². The summed E-state index contributed by atoms with van der Waals surface area (Å²) in [6.45, 7) is 29.2. The molecule has 0 amide bonds. The summed E-state index contributed by atoms with van der Waals surface area (Å²) in [5, 5.41) is 5.99. The fourth-order valence-corrected chi connectivity index (χ4v) is 18.3. The number of allylic oxidation sites excluding steroid dienone is 2. The Kier molecular flexibility index (Phi) is 6.77. The molecule has 2 unspecified atom stereocenters. The van der Waals surface area contributed by atoms with Crippen LogP contribution < -0.4 is 5.32 Å². The Morgan fingerprint density at radius 2 is 1.32 bits per heavy atom. The highest BCUT2D eigenvalue weighted by molar-refractivity contribution is 7.66. The van der Waals surface area contributed by atoms with Gasteiger partial charge >= 0.3 is 0 Å². The van der Waals surface area contributed by atoms with Crippen molar-refractivity contribution in [2.24, 2.45) is 11.8 Å². The minimum atomic E-state index is -1.68. The van der Waals surface area contributed by atoms with Gasteiger partial charge in [0.2, 0.25) is 8.40 Å². The molecule has 2 fully saturated rings. The summed E-state index contributed by atoms with van der Waals surface area (Å²) in [6.07, 6.45) is 4.09. The van der Waals surface area contributed by atoms with Crippen molar-refractivity contribution in [3.05, 3.63) is 40.3 Å². The largest absolute Gasteiger partial charge is 0.358 e. The molecule has 2 aliphatic carbocycles. The van der Waals surface area contributed by atoms with Crippen LogP contribution in [0.1, 0.15) is 111 Å². The van der Waals surface area contributed by atoms with E-state index in [1.165, 1.54) is 36.1 Å². The number of hydrogen-bond acceptors (Lipinski definition) is 3. The van der Waals surface area contributed by atoms with Gasteiger partial charge in [-0.15, -0.1) is 0 Å². The van der Waals surface area contributed by atoms with Gasteiger partial charge in [0.05, 0.1) is 8.22 Å². The third-order valence-electron chi connectivity index (χ3n) is 8.04. The fraction of sp³-hybridized carbons (Fsp3) is 0.724. The Bertz CT molecular complexity index is 916. The fourth-order valence-electron chi connectivity index (χ4n) is 7.22. The number of nitrogens with one attached hydrogen (secondary N) is 1. The summed E-state index contributed by atoms with van der Waals surface area (Å²) >= 11 is 0. The van der Waals surface area contributed by atoms with Gasteiger partial charge in [-0.1, -0.05) is 45.9 Å². The number of hydrogen-bond donors (Lipinski definition) is 1. The van der Waals surface area contributed by atoms with E-state index in [4.69, 9.17) is 0 Å². The van der Waals surface area contributed by atoms with E-state index >= 15 is 0 Å². The van der Waals surface area contributed by atoms with Crippen molar-refractivity contribution in [1.82, 2.24) is 8.67 Å². The van der Waals surface area contributed by atoms with E-state index in [-0.39, 0.29) is 11.1 Å². The average Bonchev–Trinajstić information content (AvgIpc) is 3.25. The zero-order valence-electron chi connectivity index (χ0n) is 24.0. The second-order valence-electron chi connectivity index (χ2n) is 14.0. The van der Waals surface area contributed by atoms with Crippen LogP contribution in [0.5, 0.6) is 0 Å². The quantitative estimate of drug-likeness (QED) is 0.322. The van der Waals surface area contributed by atoms with E-state index in [9.17, 15) is 0 Å². The Labute approximate surface area is 212 Å². The number of anilines is 1. The standard InChI is InChI=1S/C29H50N3PSi/c1-19(2)23-14-13-15-24(20(3)4)26(23)30-25-21-16-17-22(18-21)27(25)33-31(28(5,6)7)34(11,12)32(33)29(8,9)10/h13-15,19-22,30H,16-18H2,1-12H3. The Hall–Kier alpha value is -0.673. The molecule has 1 aromatic carbocycles. The van der Waals surface area contributed by atoms with Gasteiger partial charge in [0.25, 0.3) is 0 Å². The molecule has 0 radical (unpaired) electrons. The van der Waals surface area contributed by atoms with Crippen LogP contribution in [0.4, 0.5) is 5.69 Å². The van der Waals surface area contributed by atoms with Gasteiger partial charge in [-0.3, -0.25) is 8.67 Å². The third kappa shape index (κ3) is 4.25. The Morgan fingerprint density at radius 3 is 1.76 bits per heavy atom. The summed E-state index contributed by atoms with van der Waals surface area (Å²) in [6, 6.07) is 6.96. The van der Waals surface area contributed by atoms with E-state index in [2.05, 4.69) is 115 Å². The summed E-state index contributed by atoms with van der Waals surface area (Å²) in [5.41, 5.74) is 6.34. The van der Waals surface area contributed by atoms with Crippen molar-refractivity contribution < 1.29 is 0 Å². The summed E-state index contributed by atoms with van der Waals surface area (Å²) in [4.78, 5) is 0. The molecular formula is C29H50N3PSi. The maximum absolute atomic E-state index is 4.20. The first kappa shape index (κ1) is 26.4. The maximum Gasteiger partial charge on any atom is 0.210 e. The maximum atomic E-state index is 4.20. The van der Waals surface area contributed by atoms with Crippen LogP contribution in [0, 0.1) is 11.8 Å². The SMILES string of the molecule is CC(C)c1cccc(C(C)C)c1NC1=C(P2N(C(C)(C)C)[Si](C)(C)N2C(C)(C)C)C2CCC1C2. The van der Waals surface area contributed by atoms with E-state index < -0.39 is 16.6 Å². The highest BCUT2D eigenvalue weighted by Crippen LogP contribution is 2.75. The van der Waals surface area contributed by atoms with E-state index in [1.807, 2.05) is 0 Å². The molecule has 1 aromatic rings. The molecule has 2 atom stereocenters. The molecule has 0 aromatic heterocycles. The molecule has 34 heavy (non-hydrogen) atoms. The van der Waals surface area contributed by atoms with Crippen molar-refractivity contribution in [3.63, 3.8) is 0 Å². The van der Waals surface area contributed by atoms with Crippen molar-refractivity contribution >= 4 is 22.3 Å². The highest BCUT2D eigenvalue weighted by Gasteiger charge is 2.65. The van der Waals surface area contributed by atoms with E-state index in [0.29, 0.717) is 17.8 Å². The lowest BCUT2D eigenvalue weighted by atomic mass is 9.92. The third-order valence-corrected chi connectivity index (χ3v) is 18.5. The number of benzene rings is 1. The minimum absolute atomic E-state index is 0.196. The molecule has 1 aliphatic heterocycles. The highest BCUT2D eigenvalue weighted by atomic mass is 31.1. The Balaban J connectivity index is 1.87. The van der Waals surface area contributed by atoms with E-state index in [1.54, 1.807) is 11.0 Å². The molecule has 3 nitrogen and oxygen atoms in total. The van der Waals surface area contributed by atoms with Crippen LogP contribution in [-0.4, -0.2) is 28.1 Å². The number of para-hydroxylation sites is 1. The molecule has 1 saturated heterocycles. The number of nitrogens with zero attached hydrogens (tertiary/aromatic N) is 2. The second kappa shape index (κ2) is 8.72. The van der Waals surface area contributed by atoms with Crippen molar-refractivity contribution in [2.45, 2.75) is 125 Å². The van der Waals surface area contributed by atoms with Crippen LogP contribution in [0.2, 0.25) is 13.1 Å². The molecular weight excluding hydrogens is 449 g/mol. The van der Waals surface area contributed by atoms with Crippen LogP contribution in [0.25, 0.3) is 0 Å². The molecule has 3 aliphatic rings. The molecule has 1 heterocycles. The van der Waals surface area contributed by atoms with Crippen LogP contribution in [0.15, 0.2) is 29.2 Å².